The number of aromatic nitrogens is 1. The van der Waals surface area contributed by atoms with Crippen LogP contribution >= 0.6 is 11.6 Å². The minimum atomic E-state index is -1.08. The lowest BCUT2D eigenvalue weighted by Gasteiger charge is -2.10. The average molecular weight is 252 g/mol. The maximum atomic E-state index is 11.1. The number of rotatable bonds is 2. The second-order valence-electron chi connectivity index (χ2n) is 3.59. The number of nitrogens with zero attached hydrogens (tertiary/aromatic N) is 1. The van der Waals surface area contributed by atoms with Crippen LogP contribution in [0.2, 0.25) is 5.02 Å². The quantitative estimate of drug-likeness (QED) is 0.892. The zero-order valence-corrected chi connectivity index (χ0v) is 10.1. The molecule has 0 spiro atoms. The van der Waals surface area contributed by atoms with Crippen LogP contribution in [-0.2, 0) is 0 Å². The molecule has 88 valence electrons. The lowest BCUT2D eigenvalue weighted by atomic mass is 10.1. The number of ether oxygens (including phenoxy) is 1. The maximum absolute atomic E-state index is 11.1. The number of aryl methyl sites for hydroxylation is 1. The van der Waals surface area contributed by atoms with Crippen LogP contribution in [0, 0.1) is 6.92 Å². The van der Waals surface area contributed by atoms with E-state index >= 15 is 0 Å². The number of carboxylic acid groups (broad SMARTS) is 1. The first-order valence-electron chi connectivity index (χ1n) is 4.91. The van der Waals surface area contributed by atoms with E-state index in [1.807, 2.05) is 6.92 Å². The second-order valence-corrected chi connectivity index (χ2v) is 4.00. The molecule has 0 saturated carbocycles. The van der Waals surface area contributed by atoms with Crippen LogP contribution in [0.25, 0.3) is 10.9 Å². The summed E-state index contributed by atoms with van der Waals surface area (Å²) in [7, 11) is 1.43. The summed E-state index contributed by atoms with van der Waals surface area (Å²) < 4.78 is 5.14. The van der Waals surface area contributed by atoms with Crippen molar-refractivity contribution in [1.29, 1.82) is 0 Å². The summed E-state index contributed by atoms with van der Waals surface area (Å²) >= 11 is 6.03. The highest BCUT2D eigenvalue weighted by molar-refractivity contribution is 6.35. The van der Waals surface area contributed by atoms with Gasteiger partial charge in [-0.05, 0) is 25.1 Å². The SMILES string of the molecule is COc1c(C(=O)O)cc(Cl)c2nc(C)ccc12. The van der Waals surface area contributed by atoms with Crippen molar-refractivity contribution in [3.05, 3.63) is 34.5 Å². The van der Waals surface area contributed by atoms with Gasteiger partial charge < -0.3 is 9.84 Å². The third-order valence-corrected chi connectivity index (χ3v) is 2.74. The average Bonchev–Trinajstić information content (AvgIpc) is 2.29. The van der Waals surface area contributed by atoms with Crippen molar-refractivity contribution in [2.24, 2.45) is 0 Å². The predicted octanol–water partition coefficient (Wildman–Crippen LogP) is 2.90. The van der Waals surface area contributed by atoms with E-state index in [-0.39, 0.29) is 11.3 Å². The van der Waals surface area contributed by atoms with Gasteiger partial charge in [0.25, 0.3) is 0 Å². The van der Waals surface area contributed by atoms with Gasteiger partial charge in [0.2, 0.25) is 0 Å². The third kappa shape index (κ3) is 1.91. The number of pyridine rings is 1. The van der Waals surface area contributed by atoms with E-state index in [1.165, 1.54) is 13.2 Å². The normalized spacial score (nSPS) is 10.5. The molecule has 0 radical (unpaired) electrons. The molecule has 0 aliphatic heterocycles. The molecule has 0 bridgehead atoms. The molecule has 0 aliphatic rings. The van der Waals surface area contributed by atoms with Crippen molar-refractivity contribution >= 4 is 28.5 Å². The van der Waals surface area contributed by atoms with Crippen molar-refractivity contribution in [3.8, 4) is 5.75 Å². The van der Waals surface area contributed by atoms with E-state index in [2.05, 4.69) is 4.98 Å². The molecule has 2 aromatic rings. The van der Waals surface area contributed by atoms with Gasteiger partial charge in [0.1, 0.15) is 11.3 Å². The smallest absolute Gasteiger partial charge is 0.339 e. The van der Waals surface area contributed by atoms with Crippen molar-refractivity contribution in [2.45, 2.75) is 6.92 Å². The minimum absolute atomic E-state index is 0.0376. The van der Waals surface area contributed by atoms with Crippen molar-refractivity contribution in [3.63, 3.8) is 0 Å². The molecule has 0 unspecified atom stereocenters. The van der Waals surface area contributed by atoms with Gasteiger partial charge in [-0.1, -0.05) is 11.6 Å². The molecule has 1 aromatic carbocycles. The Morgan fingerprint density at radius 1 is 1.47 bits per heavy atom. The number of aromatic carboxylic acids is 1. The number of benzene rings is 1. The Hall–Kier alpha value is -1.81. The number of carbonyl (C=O) groups is 1. The van der Waals surface area contributed by atoms with Gasteiger partial charge in [0.15, 0.2) is 0 Å². The first-order chi connectivity index (χ1) is 8.04. The Morgan fingerprint density at radius 2 is 2.18 bits per heavy atom. The third-order valence-electron chi connectivity index (χ3n) is 2.46. The van der Waals surface area contributed by atoms with Crippen LogP contribution in [0.1, 0.15) is 16.1 Å². The van der Waals surface area contributed by atoms with Crippen molar-refractivity contribution < 1.29 is 14.6 Å². The molecular weight excluding hydrogens is 242 g/mol. The molecule has 0 aliphatic carbocycles. The number of methoxy groups -OCH3 is 1. The predicted molar refractivity (Wildman–Crippen MR) is 65.0 cm³/mol. The lowest BCUT2D eigenvalue weighted by molar-refractivity contribution is 0.0693. The Balaban J connectivity index is 2.90. The Bertz CT molecular complexity index is 610. The van der Waals surface area contributed by atoms with E-state index in [1.54, 1.807) is 12.1 Å². The van der Waals surface area contributed by atoms with Crippen LogP contribution in [0.15, 0.2) is 18.2 Å². The summed E-state index contributed by atoms with van der Waals surface area (Å²) in [5, 5.41) is 9.98. The topological polar surface area (TPSA) is 59.4 Å². The fraction of sp³-hybridized carbons (Fsp3) is 0.167. The monoisotopic (exact) mass is 251 g/mol. The molecule has 1 N–H and O–H groups in total. The van der Waals surface area contributed by atoms with Gasteiger partial charge in [-0.2, -0.15) is 0 Å². The van der Waals surface area contributed by atoms with Crippen molar-refractivity contribution in [2.75, 3.05) is 7.11 Å². The van der Waals surface area contributed by atoms with Gasteiger partial charge in [-0.25, -0.2) is 4.79 Å². The maximum Gasteiger partial charge on any atom is 0.339 e. The fourth-order valence-corrected chi connectivity index (χ4v) is 1.96. The van der Waals surface area contributed by atoms with E-state index in [9.17, 15) is 4.79 Å². The number of hydrogen-bond donors (Lipinski definition) is 1. The molecule has 1 heterocycles. The largest absolute Gasteiger partial charge is 0.495 e. The Kier molecular flexibility index (Phi) is 2.90. The molecule has 0 fully saturated rings. The van der Waals surface area contributed by atoms with Gasteiger partial charge in [-0.3, -0.25) is 4.98 Å². The molecule has 5 heteroatoms. The minimum Gasteiger partial charge on any atom is -0.495 e. The Morgan fingerprint density at radius 3 is 2.76 bits per heavy atom. The number of carboxylic acids is 1. The van der Waals surface area contributed by atoms with E-state index in [0.29, 0.717) is 15.9 Å². The van der Waals surface area contributed by atoms with Crippen LogP contribution in [0.4, 0.5) is 0 Å². The zero-order valence-electron chi connectivity index (χ0n) is 9.32. The van der Waals surface area contributed by atoms with E-state index in [0.717, 1.165) is 5.69 Å². The summed E-state index contributed by atoms with van der Waals surface area (Å²) in [6.07, 6.45) is 0. The van der Waals surface area contributed by atoms with E-state index < -0.39 is 5.97 Å². The van der Waals surface area contributed by atoms with Crippen molar-refractivity contribution in [1.82, 2.24) is 4.98 Å². The van der Waals surface area contributed by atoms with E-state index in [4.69, 9.17) is 21.4 Å². The summed E-state index contributed by atoms with van der Waals surface area (Å²) in [5.74, 6) is -0.796. The number of hydrogen-bond acceptors (Lipinski definition) is 3. The molecule has 2 rings (SSSR count). The van der Waals surface area contributed by atoms with Gasteiger partial charge in [0, 0.05) is 11.1 Å². The molecule has 0 amide bonds. The summed E-state index contributed by atoms with van der Waals surface area (Å²) in [6, 6.07) is 4.90. The molecular formula is C12H10ClNO3. The first-order valence-corrected chi connectivity index (χ1v) is 5.29. The lowest BCUT2D eigenvalue weighted by Crippen LogP contribution is -2.02. The molecule has 1 aromatic heterocycles. The highest BCUT2D eigenvalue weighted by atomic mass is 35.5. The number of halogens is 1. The standard InChI is InChI=1S/C12H10ClNO3/c1-6-3-4-7-10(14-6)9(13)5-8(12(15)16)11(7)17-2/h3-5H,1-2H3,(H,15,16). The molecule has 0 saturated heterocycles. The number of fused-ring (bicyclic) bond motifs is 1. The highest BCUT2D eigenvalue weighted by Crippen LogP contribution is 2.34. The summed E-state index contributed by atoms with van der Waals surface area (Å²) in [5.41, 5.74) is 1.40. The summed E-state index contributed by atoms with van der Waals surface area (Å²) in [6.45, 7) is 1.84. The van der Waals surface area contributed by atoms with Crippen LogP contribution in [-0.4, -0.2) is 23.2 Å². The van der Waals surface area contributed by atoms with Crippen LogP contribution in [0.5, 0.6) is 5.75 Å². The second kappa shape index (κ2) is 4.22. The molecule has 0 atom stereocenters. The Labute approximate surface area is 103 Å². The molecule has 4 nitrogen and oxygen atoms in total. The van der Waals surface area contributed by atoms with Crippen LogP contribution < -0.4 is 4.74 Å². The fourth-order valence-electron chi connectivity index (χ4n) is 1.71. The highest BCUT2D eigenvalue weighted by Gasteiger charge is 2.17. The van der Waals surface area contributed by atoms with Gasteiger partial charge in [-0.15, -0.1) is 0 Å². The molecule has 17 heavy (non-hydrogen) atoms. The summed E-state index contributed by atoms with van der Waals surface area (Å²) in [4.78, 5) is 15.4. The first kappa shape index (κ1) is 11.7. The van der Waals surface area contributed by atoms with Crippen LogP contribution in [0.3, 0.4) is 0 Å². The van der Waals surface area contributed by atoms with Gasteiger partial charge in [0.05, 0.1) is 17.6 Å². The van der Waals surface area contributed by atoms with Gasteiger partial charge >= 0.3 is 5.97 Å². The zero-order chi connectivity index (χ0) is 12.6.